The Kier molecular flexibility index (Phi) is 5.23. The van der Waals surface area contributed by atoms with Crippen LogP contribution in [0.3, 0.4) is 0 Å². The number of aliphatic imine (C=N–C) groups is 3. The maximum Gasteiger partial charge on any atom is 0.161 e. The molecule has 0 spiro atoms. The molecule has 4 heterocycles. The zero-order chi connectivity index (χ0) is 20.5. The predicted octanol–water partition coefficient (Wildman–Crippen LogP) is 3.29. The molecule has 3 aliphatic heterocycles. The summed E-state index contributed by atoms with van der Waals surface area (Å²) in [6.45, 7) is 7.01. The number of fused-ring (bicyclic) bond motifs is 2. The molecule has 1 saturated heterocycles. The maximum absolute atomic E-state index is 6.37. The van der Waals surface area contributed by atoms with Crippen molar-refractivity contribution < 1.29 is 9.47 Å². The molecule has 1 fully saturated rings. The quantitative estimate of drug-likeness (QED) is 0.767. The van der Waals surface area contributed by atoms with E-state index in [0.717, 1.165) is 53.7 Å². The molecule has 1 N–H and O–H groups in total. The van der Waals surface area contributed by atoms with E-state index in [4.69, 9.17) is 19.5 Å². The van der Waals surface area contributed by atoms with E-state index in [1.807, 2.05) is 13.1 Å². The molecule has 2 bridgehead atoms. The van der Waals surface area contributed by atoms with Gasteiger partial charge in [-0.2, -0.15) is 0 Å². The topological polar surface area (TPSA) is 74.6 Å². The molecular weight excluding hydrogens is 378 g/mol. The fraction of sp³-hybridized carbons (Fsp3) is 0.435. The first kappa shape index (κ1) is 19.2. The Labute approximate surface area is 176 Å². The number of hydrogen-bond acceptors (Lipinski definition) is 6. The monoisotopic (exact) mass is 405 g/mol. The standard InChI is InChI=1S/C23H27N5O2/c1-3-24-23-15(2)19-14-20(30-23)22(28-10-12-29-13-11-28)27-21(26-19)17-6-4-5-7-18-16(17)8-9-25-18/h3,5-9,14-15,20,23,25H,4,10-13H2,1-2H3. The molecule has 0 aromatic carbocycles. The van der Waals surface area contributed by atoms with Gasteiger partial charge in [0.1, 0.15) is 11.9 Å². The molecule has 4 aliphatic rings. The van der Waals surface area contributed by atoms with Crippen molar-refractivity contribution in [1.29, 1.82) is 0 Å². The number of allylic oxidation sites excluding steroid dienone is 2. The lowest BCUT2D eigenvalue weighted by molar-refractivity contribution is 0.00367. The second-order valence-electron chi connectivity index (χ2n) is 7.80. The van der Waals surface area contributed by atoms with Crippen molar-refractivity contribution in [3.63, 3.8) is 0 Å². The van der Waals surface area contributed by atoms with Gasteiger partial charge in [-0.25, -0.2) is 9.98 Å². The number of nitrogens with one attached hydrogen (secondary N) is 1. The fourth-order valence-electron chi connectivity index (χ4n) is 4.28. The number of H-pyrrole nitrogens is 1. The van der Waals surface area contributed by atoms with Crippen LogP contribution in [0.25, 0.3) is 11.6 Å². The smallest absolute Gasteiger partial charge is 0.161 e. The first-order valence-electron chi connectivity index (χ1n) is 10.6. The number of aromatic nitrogens is 1. The molecule has 0 saturated carbocycles. The van der Waals surface area contributed by atoms with Crippen LogP contribution in [-0.4, -0.2) is 66.4 Å². The Balaban J connectivity index is 1.61. The van der Waals surface area contributed by atoms with Gasteiger partial charge in [0.15, 0.2) is 12.1 Å². The summed E-state index contributed by atoms with van der Waals surface area (Å²) in [6.07, 6.45) is 12.7. The van der Waals surface area contributed by atoms with E-state index in [1.165, 1.54) is 0 Å². The summed E-state index contributed by atoms with van der Waals surface area (Å²) in [6, 6.07) is 2.10. The maximum atomic E-state index is 6.37. The summed E-state index contributed by atoms with van der Waals surface area (Å²) in [7, 11) is 0. The second-order valence-corrected chi connectivity index (χ2v) is 7.80. The molecule has 3 atom stereocenters. The van der Waals surface area contributed by atoms with E-state index in [9.17, 15) is 0 Å². The van der Waals surface area contributed by atoms with Crippen molar-refractivity contribution in [3.8, 4) is 0 Å². The summed E-state index contributed by atoms with van der Waals surface area (Å²) in [5.74, 6) is 1.69. The third-order valence-corrected chi connectivity index (χ3v) is 5.90. The van der Waals surface area contributed by atoms with E-state index in [2.05, 4.69) is 52.2 Å². The van der Waals surface area contributed by atoms with Crippen LogP contribution < -0.4 is 0 Å². The molecule has 30 heavy (non-hydrogen) atoms. The van der Waals surface area contributed by atoms with Crippen LogP contribution in [0.2, 0.25) is 0 Å². The van der Waals surface area contributed by atoms with Crippen LogP contribution in [0.1, 0.15) is 31.5 Å². The highest BCUT2D eigenvalue weighted by Crippen LogP contribution is 2.34. The number of ether oxygens (including phenoxy) is 2. The van der Waals surface area contributed by atoms with Gasteiger partial charge >= 0.3 is 0 Å². The minimum atomic E-state index is -0.264. The molecule has 7 heteroatoms. The van der Waals surface area contributed by atoms with Gasteiger partial charge in [0, 0.05) is 47.7 Å². The molecular formula is C23H27N5O2. The average molecular weight is 406 g/mol. The van der Waals surface area contributed by atoms with Crippen molar-refractivity contribution in [2.75, 3.05) is 26.3 Å². The van der Waals surface area contributed by atoms with Crippen LogP contribution in [0.4, 0.5) is 0 Å². The minimum absolute atomic E-state index is 0.0573. The van der Waals surface area contributed by atoms with Crippen LogP contribution in [-0.2, 0) is 9.47 Å². The molecule has 1 aliphatic carbocycles. The van der Waals surface area contributed by atoms with Crippen molar-refractivity contribution in [3.05, 3.63) is 47.4 Å². The molecule has 7 nitrogen and oxygen atoms in total. The highest BCUT2D eigenvalue weighted by Gasteiger charge is 2.36. The van der Waals surface area contributed by atoms with E-state index in [0.29, 0.717) is 13.2 Å². The van der Waals surface area contributed by atoms with Crippen LogP contribution in [0.5, 0.6) is 0 Å². The Morgan fingerprint density at radius 3 is 2.97 bits per heavy atom. The van der Waals surface area contributed by atoms with Gasteiger partial charge in [-0.15, -0.1) is 0 Å². The number of morpholine rings is 1. The summed E-state index contributed by atoms with van der Waals surface area (Å²) in [4.78, 5) is 20.3. The van der Waals surface area contributed by atoms with E-state index < -0.39 is 0 Å². The van der Waals surface area contributed by atoms with Crippen LogP contribution in [0.15, 0.2) is 51.2 Å². The Morgan fingerprint density at radius 1 is 1.27 bits per heavy atom. The SMILES string of the molecule is CC=NC1OC2C=C(N=C(C3=CCC=Cc4[nH]ccc43)N=C2N2CCOCC2)C1C. The van der Waals surface area contributed by atoms with Crippen LogP contribution in [0, 0.1) is 5.92 Å². The van der Waals surface area contributed by atoms with E-state index >= 15 is 0 Å². The van der Waals surface area contributed by atoms with Crippen molar-refractivity contribution in [2.24, 2.45) is 20.9 Å². The lowest BCUT2D eigenvalue weighted by atomic mass is 10.0. The Morgan fingerprint density at radius 2 is 2.13 bits per heavy atom. The van der Waals surface area contributed by atoms with Gasteiger partial charge in [0.05, 0.1) is 13.2 Å². The first-order valence-corrected chi connectivity index (χ1v) is 10.6. The molecule has 0 radical (unpaired) electrons. The normalized spacial score (nSPS) is 28.9. The summed E-state index contributed by atoms with van der Waals surface area (Å²) >= 11 is 0. The molecule has 3 unspecified atom stereocenters. The number of nitrogens with zero attached hydrogens (tertiary/aromatic N) is 4. The number of rotatable bonds is 2. The molecule has 156 valence electrons. The summed E-state index contributed by atoms with van der Waals surface area (Å²) < 4.78 is 11.9. The van der Waals surface area contributed by atoms with Crippen molar-refractivity contribution in [1.82, 2.24) is 9.88 Å². The lowest BCUT2D eigenvalue weighted by Crippen LogP contribution is -2.48. The molecule has 1 aromatic rings. The lowest BCUT2D eigenvalue weighted by Gasteiger charge is -2.35. The summed E-state index contributed by atoms with van der Waals surface area (Å²) in [5, 5.41) is 0. The van der Waals surface area contributed by atoms with E-state index in [1.54, 1.807) is 6.21 Å². The van der Waals surface area contributed by atoms with Gasteiger partial charge in [-0.1, -0.05) is 19.1 Å². The Bertz CT molecular complexity index is 991. The first-order chi connectivity index (χ1) is 14.7. The van der Waals surface area contributed by atoms with Gasteiger partial charge in [0.2, 0.25) is 0 Å². The molecule has 0 amide bonds. The number of aromatic amines is 1. The van der Waals surface area contributed by atoms with Gasteiger partial charge < -0.3 is 19.4 Å². The zero-order valence-electron chi connectivity index (χ0n) is 17.4. The fourth-order valence-corrected chi connectivity index (χ4v) is 4.28. The predicted molar refractivity (Wildman–Crippen MR) is 120 cm³/mol. The van der Waals surface area contributed by atoms with Gasteiger partial charge in [-0.05, 0) is 37.8 Å². The number of hydrogen-bond donors (Lipinski definition) is 1. The Hall–Kier alpha value is -2.77. The average Bonchev–Trinajstić information content (AvgIpc) is 3.05. The summed E-state index contributed by atoms with van der Waals surface area (Å²) in [5.41, 5.74) is 4.25. The molecule has 5 rings (SSSR count). The third kappa shape index (κ3) is 3.48. The third-order valence-electron chi connectivity index (χ3n) is 5.90. The van der Waals surface area contributed by atoms with Crippen molar-refractivity contribution >= 4 is 29.5 Å². The van der Waals surface area contributed by atoms with E-state index in [-0.39, 0.29) is 18.2 Å². The molecule has 1 aromatic heterocycles. The van der Waals surface area contributed by atoms with Crippen LogP contribution >= 0.6 is 0 Å². The van der Waals surface area contributed by atoms with Crippen molar-refractivity contribution in [2.45, 2.75) is 32.6 Å². The largest absolute Gasteiger partial charge is 0.378 e. The van der Waals surface area contributed by atoms with Gasteiger partial charge in [0.25, 0.3) is 0 Å². The zero-order valence-corrected chi connectivity index (χ0v) is 17.4. The van der Waals surface area contributed by atoms with Gasteiger partial charge in [-0.3, -0.25) is 4.99 Å². The second kappa shape index (κ2) is 8.16. The minimum Gasteiger partial charge on any atom is -0.378 e. The highest BCUT2D eigenvalue weighted by atomic mass is 16.5. The number of amidine groups is 2. The highest BCUT2D eigenvalue weighted by molar-refractivity contribution is 6.27.